The molecule has 0 amide bonds. The van der Waals surface area contributed by atoms with E-state index in [2.05, 4.69) is 29.3 Å². The molecule has 0 heterocycles. The van der Waals surface area contributed by atoms with Crippen LogP contribution in [0.3, 0.4) is 0 Å². The van der Waals surface area contributed by atoms with E-state index in [1.54, 1.807) is 24.6 Å². The van der Waals surface area contributed by atoms with E-state index in [4.69, 9.17) is 0 Å². The van der Waals surface area contributed by atoms with Crippen molar-refractivity contribution in [3.8, 4) is 0 Å². The first-order chi connectivity index (χ1) is 11.7. The maximum absolute atomic E-state index is 12.5. The van der Waals surface area contributed by atoms with Gasteiger partial charge < -0.3 is 0 Å². The zero-order valence-electron chi connectivity index (χ0n) is 13.8. The molecule has 0 bridgehead atoms. The number of hydrogen-bond donors (Lipinski definition) is 0. The highest BCUT2D eigenvalue weighted by Crippen LogP contribution is 2.18. The molecule has 0 aliphatic rings. The van der Waals surface area contributed by atoms with Gasteiger partial charge in [0.05, 0.1) is 12.4 Å². The Morgan fingerprint density at radius 1 is 0.833 bits per heavy atom. The summed E-state index contributed by atoms with van der Waals surface area (Å²) in [6, 6.07) is 14.3. The van der Waals surface area contributed by atoms with Gasteiger partial charge in [-0.1, -0.05) is 68.3 Å². The molecule has 2 aromatic carbocycles. The van der Waals surface area contributed by atoms with E-state index < -0.39 is 6.43 Å². The molecule has 0 aromatic heterocycles. The van der Waals surface area contributed by atoms with Gasteiger partial charge in [0, 0.05) is 5.56 Å². The zero-order valence-corrected chi connectivity index (χ0v) is 13.8. The average molecular weight is 328 g/mol. The normalized spacial score (nSPS) is 11.8. The summed E-state index contributed by atoms with van der Waals surface area (Å²) in [7, 11) is 0. The Morgan fingerprint density at radius 2 is 1.38 bits per heavy atom. The highest BCUT2D eigenvalue weighted by Gasteiger charge is 2.04. The third-order valence-electron chi connectivity index (χ3n) is 3.72. The van der Waals surface area contributed by atoms with E-state index >= 15 is 0 Å². The first-order valence-electron chi connectivity index (χ1n) is 8.22. The van der Waals surface area contributed by atoms with Crippen LogP contribution in [-0.2, 0) is 6.42 Å². The molecule has 0 aliphatic heterocycles. The number of aryl methyl sites for hydroxylation is 1. The first-order valence-corrected chi connectivity index (χ1v) is 8.22. The standard InChI is InChI=1S/C20H22F2N2/c1-2-3-4-5-16-6-8-17(9-7-16)14-23-24-15-18-10-12-19(13-11-18)20(21)22/h6-15,20H,2-5H2,1H3. The van der Waals surface area contributed by atoms with Crippen LogP contribution in [0.5, 0.6) is 0 Å². The van der Waals surface area contributed by atoms with Gasteiger partial charge in [0.25, 0.3) is 6.43 Å². The summed E-state index contributed by atoms with van der Waals surface area (Å²) in [4.78, 5) is 0. The number of halogens is 2. The lowest BCUT2D eigenvalue weighted by Gasteiger charge is -2.00. The van der Waals surface area contributed by atoms with Gasteiger partial charge >= 0.3 is 0 Å². The molecule has 2 nitrogen and oxygen atoms in total. The van der Waals surface area contributed by atoms with Gasteiger partial charge in [0.2, 0.25) is 0 Å². The summed E-state index contributed by atoms with van der Waals surface area (Å²) in [6.45, 7) is 2.20. The SMILES string of the molecule is CCCCCc1ccc(C=NN=Cc2ccc(C(F)F)cc2)cc1. The highest BCUT2D eigenvalue weighted by atomic mass is 19.3. The molecule has 0 atom stereocenters. The number of alkyl halides is 2. The summed E-state index contributed by atoms with van der Waals surface area (Å²) in [6.07, 6.45) is 5.60. The molecule has 24 heavy (non-hydrogen) atoms. The minimum atomic E-state index is -2.45. The fourth-order valence-corrected chi connectivity index (χ4v) is 2.28. The molecule has 0 N–H and O–H groups in total. The Labute approximate surface area is 141 Å². The Kier molecular flexibility index (Phi) is 7.27. The van der Waals surface area contributed by atoms with Crippen molar-refractivity contribution in [1.82, 2.24) is 0 Å². The van der Waals surface area contributed by atoms with E-state index in [1.165, 1.54) is 37.0 Å². The second-order valence-corrected chi connectivity index (χ2v) is 5.66. The van der Waals surface area contributed by atoms with Crippen LogP contribution in [0.4, 0.5) is 8.78 Å². The van der Waals surface area contributed by atoms with E-state index in [-0.39, 0.29) is 5.56 Å². The van der Waals surface area contributed by atoms with Gasteiger partial charge in [-0.15, -0.1) is 0 Å². The molecule has 0 radical (unpaired) electrons. The molecule has 0 fully saturated rings. The predicted molar refractivity (Wildman–Crippen MR) is 96.3 cm³/mol. The summed E-state index contributed by atoms with van der Waals surface area (Å²) < 4.78 is 24.9. The molecular formula is C20H22F2N2. The van der Waals surface area contributed by atoms with Crippen molar-refractivity contribution in [2.24, 2.45) is 10.2 Å². The number of unbranched alkanes of at least 4 members (excludes halogenated alkanes) is 2. The van der Waals surface area contributed by atoms with Crippen LogP contribution in [0.15, 0.2) is 58.7 Å². The van der Waals surface area contributed by atoms with Crippen molar-refractivity contribution in [2.75, 3.05) is 0 Å². The van der Waals surface area contributed by atoms with E-state index in [1.807, 2.05) is 12.1 Å². The lowest BCUT2D eigenvalue weighted by Crippen LogP contribution is -1.87. The summed E-state index contributed by atoms with van der Waals surface area (Å²) in [5.74, 6) is 0. The quantitative estimate of drug-likeness (QED) is 0.332. The molecule has 0 unspecified atom stereocenters. The number of hydrogen-bond acceptors (Lipinski definition) is 2. The monoisotopic (exact) mass is 328 g/mol. The van der Waals surface area contributed by atoms with Gasteiger partial charge in [-0.3, -0.25) is 0 Å². The number of nitrogens with zero attached hydrogens (tertiary/aromatic N) is 2. The van der Waals surface area contributed by atoms with E-state index in [0.29, 0.717) is 0 Å². The van der Waals surface area contributed by atoms with E-state index in [0.717, 1.165) is 17.5 Å². The van der Waals surface area contributed by atoms with Crippen molar-refractivity contribution in [3.63, 3.8) is 0 Å². The van der Waals surface area contributed by atoms with Crippen LogP contribution in [0, 0.1) is 0 Å². The Bertz CT molecular complexity index is 659. The van der Waals surface area contributed by atoms with Gasteiger partial charge in [0.1, 0.15) is 0 Å². The minimum absolute atomic E-state index is 0.00896. The van der Waals surface area contributed by atoms with Gasteiger partial charge in [-0.05, 0) is 29.5 Å². The Morgan fingerprint density at radius 3 is 1.88 bits per heavy atom. The van der Waals surface area contributed by atoms with Gasteiger partial charge in [-0.2, -0.15) is 10.2 Å². The average Bonchev–Trinajstić information content (AvgIpc) is 2.60. The maximum Gasteiger partial charge on any atom is 0.263 e. The first kappa shape index (κ1) is 18.0. The highest BCUT2D eigenvalue weighted by molar-refractivity contribution is 5.82. The molecule has 2 rings (SSSR count). The zero-order chi connectivity index (χ0) is 17.2. The van der Waals surface area contributed by atoms with Crippen LogP contribution < -0.4 is 0 Å². The third kappa shape index (κ3) is 6.03. The Balaban J connectivity index is 1.86. The van der Waals surface area contributed by atoms with Crippen molar-refractivity contribution in [3.05, 3.63) is 70.8 Å². The van der Waals surface area contributed by atoms with Crippen molar-refractivity contribution < 1.29 is 8.78 Å². The smallest absolute Gasteiger partial charge is 0.205 e. The second-order valence-electron chi connectivity index (χ2n) is 5.66. The molecule has 0 saturated heterocycles. The summed E-state index contributed by atoms with van der Waals surface area (Å²) in [5, 5.41) is 7.95. The lowest BCUT2D eigenvalue weighted by molar-refractivity contribution is 0.151. The maximum atomic E-state index is 12.5. The molecular weight excluding hydrogens is 306 g/mol. The number of benzene rings is 2. The fraction of sp³-hybridized carbons (Fsp3) is 0.300. The van der Waals surface area contributed by atoms with E-state index in [9.17, 15) is 8.78 Å². The molecule has 0 spiro atoms. The van der Waals surface area contributed by atoms with Crippen LogP contribution in [-0.4, -0.2) is 12.4 Å². The fourth-order valence-electron chi connectivity index (χ4n) is 2.28. The van der Waals surface area contributed by atoms with Crippen molar-refractivity contribution >= 4 is 12.4 Å². The predicted octanol–water partition coefficient (Wildman–Crippen LogP) is 5.81. The molecule has 0 saturated carbocycles. The van der Waals surface area contributed by atoms with Crippen LogP contribution in [0.25, 0.3) is 0 Å². The lowest BCUT2D eigenvalue weighted by atomic mass is 10.1. The molecule has 4 heteroatoms. The van der Waals surface area contributed by atoms with Crippen LogP contribution in [0.2, 0.25) is 0 Å². The molecule has 2 aromatic rings. The minimum Gasteiger partial charge on any atom is -0.205 e. The molecule has 126 valence electrons. The van der Waals surface area contributed by atoms with Crippen LogP contribution >= 0.6 is 0 Å². The van der Waals surface area contributed by atoms with Crippen molar-refractivity contribution in [1.29, 1.82) is 0 Å². The van der Waals surface area contributed by atoms with Crippen molar-refractivity contribution in [2.45, 2.75) is 39.0 Å². The summed E-state index contributed by atoms with van der Waals surface area (Å²) in [5.41, 5.74) is 3.07. The van der Waals surface area contributed by atoms with Gasteiger partial charge in [-0.25, -0.2) is 8.78 Å². The Hall–Kier alpha value is -2.36. The topological polar surface area (TPSA) is 24.7 Å². The van der Waals surface area contributed by atoms with Crippen LogP contribution in [0.1, 0.15) is 54.9 Å². The second kappa shape index (κ2) is 9.71. The largest absolute Gasteiger partial charge is 0.263 e. The number of rotatable bonds is 8. The summed E-state index contributed by atoms with van der Waals surface area (Å²) >= 11 is 0. The molecule has 0 aliphatic carbocycles. The third-order valence-corrected chi connectivity index (χ3v) is 3.72. The van der Waals surface area contributed by atoms with Gasteiger partial charge in [0.15, 0.2) is 0 Å².